The molecule has 0 aliphatic heterocycles. The highest BCUT2D eigenvalue weighted by atomic mass is 13.7. The minimum atomic E-state index is 0.892. The van der Waals surface area contributed by atoms with Gasteiger partial charge >= 0.3 is 0 Å². The first-order chi connectivity index (χ1) is 4.13. The van der Waals surface area contributed by atoms with Gasteiger partial charge in [-0.05, 0) is 0 Å². The van der Waals surface area contributed by atoms with E-state index in [-0.39, 0.29) is 0 Å². The van der Waals surface area contributed by atoms with Gasteiger partial charge in [0.2, 0.25) is 0 Å². The van der Waals surface area contributed by atoms with Gasteiger partial charge < -0.3 is 0 Å². The molecule has 0 aliphatic rings. The Morgan fingerprint density at radius 2 is 1.11 bits per heavy atom. The second kappa shape index (κ2) is 5.02. The molecule has 0 aromatic carbocycles. The maximum Gasteiger partial charge on any atom is 0.0816 e. The largest absolute Gasteiger partial charge is 0.0816 e. The highest BCUT2D eigenvalue weighted by Gasteiger charge is 2.01. The Kier molecular flexibility index (Phi) is 5.13. The fourth-order valence-corrected chi connectivity index (χ4v) is 0.934. The van der Waals surface area contributed by atoms with Crippen molar-refractivity contribution in [2.75, 3.05) is 0 Å². The lowest BCUT2D eigenvalue weighted by Gasteiger charge is -2.01. The molecule has 0 radical (unpaired) electrons. The van der Waals surface area contributed by atoms with E-state index in [0.717, 1.165) is 11.6 Å². The van der Waals surface area contributed by atoms with E-state index >= 15 is 0 Å². The fourth-order valence-electron chi connectivity index (χ4n) is 0.934. The molecule has 0 N–H and O–H groups in total. The van der Waals surface area contributed by atoms with Gasteiger partial charge in [0.15, 0.2) is 0 Å². The second-order valence-electron chi connectivity index (χ2n) is 3.72. The third-order valence-electron chi connectivity index (χ3n) is 1.56. The van der Waals surface area contributed by atoms with Crippen LogP contribution in [0.1, 0.15) is 27.7 Å². The Morgan fingerprint density at radius 1 is 0.778 bits per heavy atom. The van der Waals surface area contributed by atoms with Crippen LogP contribution in [0.4, 0.5) is 0 Å². The summed E-state index contributed by atoms with van der Waals surface area (Å²) in [7, 11) is 4.21. The Balaban J connectivity index is 2.91. The minimum Gasteiger partial charge on any atom is -0.0796 e. The van der Waals surface area contributed by atoms with Crippen molar-refractivity contribution >= 4 is 21.4 Å². The highest BCUT2D eigenvalue weighted by molar-refractivity contribution is 7.29. The van der Waals surface area contributed by atoms with E-state index < -0.39 is 0 Å². The van der Waals surface area contributed by atoms with Gasteiger partial charge in [-0.25, -0.2) is 0 Å². The standard InChI is InChI=1S/C6H17B3/c1-5(2)7-9-8-6(3)4/h5-9H,1-4H3. The zero-order chi connectivity index (χ0) is 7.28. The van der Waals surface area contributed by atoms with E-state index in [4.69, 9.17) is 0 Å². The smallest absolute Gasteiger partial charge is 0.0796 e. The molecule has 0 fully saturated rings. The monoisotopic (exact) mass is 122 g/mol. The summed E-state index contributed by atoms with van der Waals surface area (Å²) in [5, 5.41) is 0. The Labute approximate surface area is 61.5 Å². The predicted octanol–water partition coefficient (Wildman–Crippen LogP) is 0.782. The van der Waals surface area contributed by atoms with Crippen molar-refractivity contribution in [2.45, 2.75) is 39.3 Å². The molecule has 0 atom stereocenters. The molecule has 50 valence electrons. The summed E-state index contributed by atoms with van der Waals surface area (Å²) in [5.74, 6) is 1.78. The third kappa shape index (κ3) is 8.19. The molecule has 0 saturated carbocycles. The molecule has 0 unspecified atom stereocenters. The number of rotatable bonds is 4. The van der Waals surface area contributed by atoms with E-state index in [1.807, 2.05) is 0 Å². The van der Waals surface area contributed by atoms with Crippen LogP contribution in [-0.2, 0) is 0 Å². The van der Waals surface area contributed by atoms with Gasteiger partial charge in [0.25, 0.3) is 0 Å². The van der Waals surface area contributed by atoms with Crippen LogP contribution in [-0.4, -0.2) is 21.4 Å². The van der Waals surface area contributed by atoms with Crippen LogP contribution in [0.5, 0.6) is 0 Å². The summed E-state index contributed by atoms with van der Waals surface area (Å²) in [6.45, 7) is 9.17. The molecule has 0 aromatic heterocycles. The normalized spacial score (nSPS) is 10.0. The van der Waals surface area contributed by atoms with E-state index in [1.165, 1.54) is 21.4 Å². The third-order valence-corrected chi connectivity index (χ3v) is 1.56. The summed E-state index contributed by atoms with van der Waals surface area (Å²) >= 11 is 0. The maximum atomic E-state index is 2.29. The fraction of sp³-hybridized carbons (Fsp3) is 1.00. The molecule has 0 aromatic rings. The van der Waals surface area contributed by atoms with Crippen molar-refractivity contribution in [3.8, 4) is 0 Å². The summed E-state index contributed by atoms with van der Waals surface area (Å²) < 4.78 is 0. The molecular formula is C6H17B3. The van der Waals surface area contributed by atoms with Crippen LogP contribution < -0.4 is 0 Å². The second-order valence-corrected chi connectivity index (χ2v) is 3.72. The van der Waals surface area contributed by atoms with Crippen molar-refractivity contribution in [3.05, 3.63) is 0 Å². The van der Waals surface area contributed by atoms with Crippen LogP contribution in [0.3, 0.4) is 0 Å². The first-order valence-electron chi connectivity index (χ1n) is 4.13. The van der Waals surface area contributed by atoms with Crippen LogP contribution in [0.25, 0.3) is 0 Å². The number of hydrogen-bond donors (Lipinski definition) is 0. The summed E-state index contributed by atoms with van der Waals surface area (Å²) in [6, 6.07) is 0. The molecule has 0 nitrogen and oxygen atoms in total. The van der Waals surface area contributed by atoms with Crippen LogP contribution in [0.15, 0.2) is 0 Å². The van der Waals surface area contributed by atoms with E-state index in [9.17, 15) is 0 Å². The summed E-state index contributed by atoms with van der Waals surface area (Å²) in [4.78, 5) is 0. The molecule has 0 aliphatic carbocycles. The maximum absolute atomic E-state index is 2.29. The zero-order valence-electron chi connectivity index (χ0n) is 7.28. The molecule has 0 bridgehead atoms. The zero-order valence-corrected chi connectivity index (χ0v) is 7.28. The molecule has 9 heavy (non-hydrogen) atoms. The summed E-state index contributed by atoms with van der Waals surface area (Å²) in [6.07, 6.45) is 0. The van der Waals surface area contributed by atoms with E-state index in [2.05, 4.69) is 27.7 Å². The lowest BCUT2D eigenvalue weighted by Crippen LogP contribution is -2.16. The van der Waals surface area contributed by atoms with Crippen molar-refractivity contribution in [1.29, 1.82) is 0 Å². The SMILES string of the molecule is CC(C)BBBC(C)C. The first kappa shape index (κ1) is 9.19. The Hall–Kier alpha value is 0.195. The molecule has 0 heterocycles. The average molecular weight is 122 g/mol. The van der Waals surface area contributed by atoms with Crippen LogP contribution >= 0.6 is 0 Å². The Morgan fingerprint density at radius 3 is 1.33 bits per heavy atom. The van der Waals surface area contributed by atoms with Crippen molar-refractivity contribution in [3.63, 3.8) is 0 Å². The van der Waals surface area contributed by atoms with Gasteiger partial charge in [-0.1, -0.05) is 39.3 Å². The van der Waals surface area contributed by atoms with Gasteiger partial charge in [0, 0.05) is 0 Å². The van der Waals surface area contributed by atoms with E-state index in [1.54, 1.807) is 0 Å². The highest BCUT2D eigenvalue weighted by Crippen LogP contribution is 1.98. The molecule has 0 spiro atoms. The lowest BCUT2D eigenvalue weighted by atomic mass is 9.15. The molecular weight excluding hydrogens is 105 g/mol. The average Bonchev–Trinajstić information content (AvgIpc) is 1.63. The van der Waals surface area contributed by atoms with Gasteiger partial charge in [-0.15, -0.1) is 0 Å². The molecule has 0 rings (SSSR count). The summed E-state index contributed by atoms with van der Waals surface area (Å²) in [5.41, 5.74) is 0. The van der Waals surface area contributed by atoms with E-state index in [0.29, 0.717) is 0 Å². The quantitative estimate of drug-likeness (QED) is 0.483. The van der Waals surface area contributed by atoms with Gasteiger partial charge in [-0.2, -0.15) is 0 Å². The van der Waals surface area contributed by atoms with Crippen LogP contribution in [0.2, 0.25) is 11.6 Å². The first-order valence-corrected chi connectivity index (χ1v) is 4.13. The van der Waals surface area contributed by atoms with Crippen molar-refractivity contribution in [2.24, 2.45) is 0 Å². The number of hydrogen-bond acceptors (Lipinski definition) is 0. The predicted molar refractivity (Wildman–Crippen MR) is 51.6 cm³/mol. The minimum absolute atomic E-state index is 0.892. The van der Waals surface area contributed by atoms with Crippen LogP contribution in [0, 0.1) is 0 Å². The lowest BCUT2D eigenvalue weighted by molar-refractivity contribution is 1.07. The molecule has 0 amide bonds. The molecule has 3 heteroatoms. The molecule has 0 saturated heterocycles. The van der Waals surface area contributed by atoms with Crippen molar-refractivity contribution < 1.29 is 0 Å². The van der Waals surface area contributed by atoms with Gasteiger partial charge in [-0.3, -0.25) is 0 Å². The van der Waals surface area contributed by atoms with Gasteiger partial charge in [0.05, 0.1) is 21.4 Å². The Bertz CT molecular complexity index is 53.3. The van der Waals surface area contributed by atoms with Gasteiger partial charge in [0.1, 0.15) is 0 Å². The van der Waals surface area contributed by atoms with Crippen molar-refractivity contribution in [1.82, 2.24) is 0 Å². The topological polar surface area (TPSA) is 0 Å².